The van der Waals surface area contributed by atoms with Gasteiger partial charge in [-0.3, -0.25) is 9.88 Å². The molecule has 0 saturated heterocycles. The summed E-state index contributed by atoms with van der Waals surface area (Å²) in [5, 5.41) is 0.925. The minimum absolute atomic E-state index is 0.174. The minimum atomic E-state index is -0.426. The zero-order valence-corrected chi connectivity index (χ0v) is 18.1. The van der Waals surface area contributed by atoms with Crippen LogP contribution in [0.3, 0.4) is 0 Å². The summed E-state index contributed by atoms with van der Waals surface area (Å²) in [6.45, 7) is 14.1. The number of rotatable bonds is 5. The average molecular weight is 385 g/mol. The van der Waals surface area contributed by atoms with Crippen LogP contribution in [0.2, 0.25) is 0 Å². The SMILES string of the molecule is C#CCN(Cc1ccc(OC(C)(C)C)c2ncccc12)C(=O)OC(C)C.CC. The van der Waals surface area contributed by atoms with E-state index in [1.807, 2.05) is 72.7 Å². The molecule has 2 rings (SSSR count). The number of benzene rings is 1. The van der Waals surface area contributed by atoms with Crippen molar-refractivity contribution in [2.75, 3.05) is 6.54 Å². The molecule has 0 bridgehead atoms. The van der Waals surface area contributed by atoms with Crippen molar-refractivity contribution < 1.29 is 14.3 Å². The van der Waals surface area contributed by atoms with Crippen LogP contribution in [0, 0.1) is 12.3 Å². The molecule has 0 unspecified atom stereocenters. The molecule has 1 amide bonds. The molecule has 0 saturated carbocycles. The molecule has 0 aliphatic carbocycles. The van der Waals surface area contributed by atoms with Crippen molar-refractivity contribution >= 4 is 17.0 Å². The second-order valence-electron chi connectivity index (χ2n) is 7.33. The van der Waals surface area contributed by atoms with Gasteiger partial charge in [0.1, 0.15) is 16.9 Å². The number of carbonyl (C=O) groups is 1. The van der Waals surface area contributed by atoms with E-state index in [1.54, 1.807) is 6.20 Å². The molecule has 0 aliphatic heterocycles. The number of ether oxygens (including phenoxy) is 2. The summed E-state index contributed by atoms with van der Waals surface area (Å²) in [6.07, 6.45) is 6.53. The molecular weight excluding hydrogens is 352 g/mol. The fraction of sp³-hybridized carbons (Fsp3) is 0.478. The van der Waals surface area contributed by atoms with Crippen molar-refractivity contribution in [1.82, 2.24) is 9.88 Å². The summed E-state index contributed by atoms with van der Waals surface area (Å²) in [5.74, 6) is 3.23. The first-order valence-corrected chi connectivity index (χ1v) is 9.66. The zero-order chi connectivity index (χ0) is 21.3. The normalized spacial score (nSPS) is 10.7. The van der Waals surface area contributed by atoms with E-state index in [1.165, 1.54) is 4.90 Å². The number of pyridine rings is 1. The van der Waals surface area contributed by atoms with E-state index in [4.69, 9.17) is 15.9 Å². The number of hydrogen-bond donors (Lipinski definition) is 0. The fourth-order valence-electron chi connectivity index (χ4n) is 2.53. The smallest absolute Gasteiger partial charge is 0.411 e. The van der Waals surface area contributed by atoms with Gasteiger partial charge in [0, 0.05) is 11.6 Å². The molecule has 2 aromatic rings. The van der Waals surface area contributed by atoms with Crippen molar-refractivity contribution in [3.8, 4) is 18.1 Å². The Bertz CT molecular complexity index is 817. The van der Waals surface area contributed by atoms with Gasteiger partial charge in [-0.15, -0.1) is 6.42 Å². The number of fused-ring (bicyclic) bond motifs is 1. The summed E-state index contributed by atoms with van der Waals surface area (Å²) in [4.78, 5) is 18.3. The van der Waals surface area contributed by atoms with Crippen LogP contribution in [-0.2, 0) is 11.3 Å². The Hall–Kier alpha value is -2.74. The topological polar surface area (TPSA) is 51.7 Å². The number of carbonyl (C=O) groups excluding carboxylic acids is 1. The predicted molar refractivity (Wildman–Crippen MR) is 114 cm³/mol. The van der Waals surface area contributed by atoms with Crippen molar-refractivity contribution in [3.05, 3.63) is 36.0 Å². The van der Waals surface area contributed by atoms with Gasteiger partial charge in [-0.25, -0.2) is 4.79 Å². The summed E-state index contributed by atoms with van der Waals surface area (Å²) in [7, 11) is 0. The maximum atomic E-state index is 12.3. The summed E-state index contributed by atoms with van der Waals surface area (Å²) in [6, 6.07) is 7.66. The largest absolute Gasteiger partial charge is 0.486 e. The highest BCUT2D eigenvalue weighted by Crippen LogP contribution is 2.30. The van der Waals surface area contributed by atoms with Crippen molar-refractivity contribution in [2.24, 2.45) is 0 Å². The van der Waals surface area contributed by atoms with Gasteiger partial charge in [-0.1, -0.05) is 31.9 Å². The lowest BCUT2D eigenvalue weighted by Crippen LogP contribution is -2.33. The van der Waals surface area contributed by atoms with Gasteiger partial charge in [-0.05, 0) is 52.3 Å². The molecule has 0 atom stereocenters. The molecule has 1 aromatic heterocycles. The Morgan fingerprint density at radius 3 is 2.50 bits per heavy atom. The van der Waals surface area contributed by atoms with Crippen LogP contribution in [0.1, 0.15) is 54.0 Å². The van der Waals surface area contributed by atoms with Crippen LogP contribution in [0.25, 0.3) is 10.9 Å². The lowest BCUT2D eigenvalue weighted by Gasteiger charge is -2.24. The maximum absolute atomic E-state index is 12.3. The first kappa shape index (κ1) is 23.3. The molecular formula is C23H32N2O3. The monoisotopic (exact) mass is 384 g/mol. The molecule has 0 spiro atoms. The number of amides is 1. The third-order valence-electron chi connectivity index (χ3n) is 3.48. The third-order valence-corrected chi connectivity index (χ3v) is 3.48. The molecule has 5 nitrogen and oxygen atoms in total. The first-order chi connectivity index (χ1) is 13.2. The number of terminal acetylenes is 1. The lowest BCUT2D eigenvalue weighted by molar-refractivity contribution is 0.0787. The van der Waals surface area contributed by atoms with Gasteiger partial charge >= 0.3 is 6.09 Å². The molecule has 0 fully saturated rings. The van der Waals surface area contributed by atoms with Crippen LogP contribution in [0.5, 0.6) is 5.75 Å². The van der Waals surface area contributed by atoms with Crippen molar-refractivity contribution in [2.45, 2.75) is 66.7 Å². The van der Waals surface area contributed by atoms with Crippen molar-refractivity contribution in [1.29, 1.82) is 0 Å². The van der Waals surface area contributed by atoms with E-state index in [0.717, 1.165) is 16.5 Å². The standard InChI is InChI=1S/C21H26N2O3.C2H6/c1-7-13-23(20(24)25-15(2)3)14-16-10-11-18(26-21(4,5)6)19-17(16)9-8-12-22-19;1-2/h1,8-12,15H,13-14H2,2-6H3;1-2H3. The highest BCUT2D eigenvalue weighted by molar-refractivity contribution is 5.87. The van der Waals surface area contributed by atoms with Crippen LogP contribution in [0.4, 0.5) is 4.79 Å². The summed E-state index contributed by atoms with van der Waals surface area (Å²) >= 11 is 0. The fourth-order valence-corrected chi connectivity index (χ4v) is 2.53. The van der Waals surface area contributed by atoms with Gasteiger partial charge in [0.25, 0.3) is 0 Å². The molecule has 5 heteroatoms. The second kappa shape index (κ2) is 10.6. The van der Waals surface area contributed by atoms with Gasteiger partial charge in [-0.2, -0.15) is 0 Å². The van der Waals surface area contributed by atoms with E-state index in [2.05, 4.69) is 10.9 Å². The lowest BCUT2D eigenvalue weighted by atomic mass is 10.1. The van der Waals surface area contributed by atoms with Crippen molar-refractivity contribution in [3.63, 3.8) is 0 Å². The molecule has 28 heavy (non-hydrogen) atoms. The summed E-state index contributed by atoms with van der Waals surface area (Å²) in [5.41, 5.74) is 1.37. The van der Waals surface area contributed by atoms with Gasteiger partial charge in [0.15, 0.2) is 0 Å². The molecule has 0 radical (unpaired) electrons. The molecule has 0 N–H and O–H groups in total. The van der Waals surface area contributed by atoms with E-state index in [0.29, 0.717) is 12.3 Å². The zero-order valence-electron chi connectivity index (χ0n) is 18.1. The molecule has 1 heterocycles. The third kappa shape index (κ3) is 6.77. The molecule has 0 aliphatic rings. The van der Waals surface area contributed by atoms with E-state index >= 15 is 0 Å². The van der Waals surface area contributed by atoms with E-state index in [9.17, 15) is 4.79 Å². The van der Waals surface area contributed by atoms with Crippen LogP contribution in [-0.4, -0.2) is 34.2 Å². The van der Waals surface area contributed by atoms with E-state index < -0.39 is 6.09 Å². The Labute approximate surface area is 169 Å². The molecule has 152 valence electrons. The van der Waals surface area contributed by atoms with E-state index in [-0.39, 0.29) is 18.2 Å². The van der Waals surface area contributed by atoms with Crippen LogP contribution in [0.15, 0.2) is 30.5 Å². The Morgan fingerprint density at radius 2 is 1.93 bits per heavy atom. The van der Waals surface area contributed by atoms with Gasteiger partial charge in [0.05, 0.1) is 19.2 Å². The van der Waals surface area contributed by atoms with Gasteiger partial charge in [0.2, 0.25) is 0 Å². The number of aromatic nitrogens is 1. The Balaban J connectivity index is 0.00000190. The Kier molecular flexibility index (Phi) is 8.78. The average Bonchev–Trinajstić information content (AvgIpc) is 2.63. The highest BCUT2D eigenvalue weighted by atomic mass is 16.6. The molecule has 1 aromatic carbocycles. The second-order valence-corrected chi connectivity index (χ2v) is 7.33. The minimum Gasteiger partial charge on any atom is -0.486 e. The first-order valence-electron chi connectivity index (χ1n) is 9.66. The number of hydrogen-bond acceptors (Lipinski definition) is 4. The van der Waals surface area contributed by atoms with Gasteiger partial charge < -0.3 is 9.47 Å². The predicted octanol–water partition coefficient (Wildman–Crippen LogP) is 5.42. The summed E-state index contributed by atoms with van der Waals surface area (Å²) < 4.78 is 11.3. The van der Waals surface area contributed by atoms with Crippen LogP contribution >= 0.6 is 0 Å². The van der Waals surface area contributed by atoms with Crippen LogP contribution < -0.4 is 4.74 Å². The highest BCUT2D eigenvalue weighted by Gasteiger charge is 2.19. The maximum Gasteiger partial charge on any atom is 0.411 e. The Morgan fingerprint density at radius 1 is 1.25 bits per heavy atom. The quantitative estimate of drug-likeness (QED) is 0.646. The number of nitrogens with zero attached hydrogens (tertiary/aromatic N) is 2.